The van der Waals surface area contributed by atoms with E-state index in [0.29, 0.717) is 0 Å². The van der Waals surface area contributed by atoms with Gasteiger partial charge in [0.05, 0.1) is 12.1 Å². The van der Waals surface area contributed by atoms with Crippen molar-refractivity contribution in [1.29, 1.82) is 0 Å². The molecule has 2 fully saturated rings. The molecule has 3 amide bonds. The maximum Gasteiger partial charge on any atom is 0.257 e. The van der Waals surface area contributed by atoms with Crippen LogP contribution in [0.1, 0.15) is 17.3 Å². The van der Waals surface area contributed by atoms with Crippen LogP contribution >= 0.6 is 0 Å². The van der Waals surface area contributed by atoms with Crippen molar-refractivity contribution in [3.63, 3.8) is 0 Å². The van der Waals surface area contributed by atoms with E-state index in [4.69, 9.17) is 0 Å². The first kappa shape index (κ1) is 15.4. The van der Waals surface area contributed by atoms with Crippen LogP contribution in [0.25, 0.3) is 0 Å². The number of rotatable bonds is 1. The summed E-state index contributed by atoms with van der Waals surface area (Å²) >= 11 is 0. The largest absolute Gasteiger partial charge is 0.343 e. The minimum Gasteiger partial charge on any atom is -0.343 e. The maximum atomic E-state index is 13.8. The van der Waals surface area contributed by atoms with Crippen molar-refractivity contribution in [2.24, 2.45) is 0 Å². The fourth-order valence-corrected chi connectivity index (χ4v) is 2.91. The molecule has 0 aliphatic carbocycles. The highest BCUT2D eigenvalue weighted by molar-refractivity contribution is 5.99. The molecule has 2 aliphatic rings. The lowest BCUT2D eigenvalue weighted by atomic mass is 10.0. The Bertz CT molecular complexity index is 695. The number of nitrogens with one attached hydrogen (secondary N) is 1. The van der Waals surface area contributed by atoms with Crippen LogP contribution < -0.4 is 5.32 Å². The van der Waals surface area contributed by atoms with Crippen LogP contribution in [0.2, 0.25) is 0 Å². The monoisotopic (exact) mass is 323 g/mol. The van der Waals surface area contributed by atoms with Crippen molar-refractivity contribution in [2.45, 2.75) is 19.0 Å². The Kier molecular flexibility index (Phi) is 3.75. The molecular formula is C15H15F2N3O3. The van der Waals surface area contributed by atoms with Crippen LogP contribution in [-0.4, -0.2) is 59.2 Å². The van der Waals surface area contributed by atoms with Gasteiger partial charge < -0.3 is 15.1 Å². The standard InChI is InChI=1S/C15H15F2N3O3/c1-8-14(22)20-6-5-19(7-11(20)13(21)18-8)15(23)9-3-2-4-10(16)12(9)17/h2-4,8,11H,5-7H2,1H3,(H,18,21)/t8-,11+/m0/s1. The Labute approximate surface area is 131 Å². The molecule has 1 aromatic carbocycles. The van der Waals surface area contributed by atoms with Crippen molar-refractivity contribution < 1.29 is 23.2 Å². The summed E-state index contributed by atoms with van der Waals surface area (Å²) in [6.07, 6.45) is 0. The average molecular weight is 323 g/mol. The zero-order chi connectivity index (χ0) is 16.7. The van der Waals surface area contributed by atoms with Crippen LogP contribution in [0, 0.1) is 11.6 Å². The highest BCUT2D eigenvalue weighted by Crippen LogP contribution is 2.20. The zero-order valence-electron chi connectivity index (χ0n) is 12.4. The van der Waals surface area contributed by atoms with Crippen molar-refractivity contribution in [1.82, 2.24) is 15.1 Å². The number of halogens is 2. The molecule has 3 rings (SSSR count). The summed E-state index contributed by atoms with van der Waals surface area (Å²) in [5.41, 5.74) is -0.380. The van der Waals surface area contributed by atoms with E-state index in [1.165, 1.54) is 21.9 Å². The van der Waals surface area contributed by atoms with Gasteiger partial charge in [-0.1, -0.05) is 6.07 Å². The third-order valence-corrected chi connectivity index (χ3v) is 4.16. The van der Waals surface area contributed by atoms with Gasteiger partial charge in [-0.15, -0.1) is 0 Å². The Morgan fingerprint density at radius 1 is 1.26 bits per heavy atom. The first-order valence-electron chi connectivity index (χ1n) is 7.24. The number of amides is 3. The second kappa shape index (κ2) is 5.60. The molecule has 6 nitrogen and oxygen atoms in total. The SMILES string of the molecule is C[C@@H]1NC(=O)[C@H]2CN(C(=O)c3cccc(F)c3F)CCN2C1=O. The van der Waals surface area contributed by atoms with Crippen LogP contribution in [0.5, 0.6) is 0 Å². The van der Waals surface area contributed by atoms with Gasteiger partial charge in [-0.25, -0.2) is 8.78 Å². The molecule has 2 atom stereocenters. The summed E-state index contributed by atoms with van der Waals surface area (Å²) in [4.78, 5) is 39.2. The molecule has 2 saturated heterocycles. The number of hydrogen-bond donors (Lipinski definition) is 1. The zero-order valence-corrected chi connectivity index (χ0v) is 12.4. The molecule has 0 saturated carbocycles. The predicted molar refractivity (Wildman–Crippen MR) is 75.4 cm³/mol. The van der Waals surface area contributed by atoms with Crippen molar-refractivity contribution >= 4 is 17.7 Å². The molecule has 0 spiro atoms. The molecule has 1 aromatic rings. The van der Waals surface area contributed by atoms with Crippen LogP contribution in [-0.2, 0) is 9.59 Å². The minimum absolute atomic E-state index is 0.0426. The molecule has 2 aliphatic heterocycles. The molecule has 23 heavy (non-hydrogen) atoms. The predicted octanol–water partition coefficient (Wildman–Crippen LogP) is 0.136. The molecule has 0 radical (unpaired) electrons. The fourth-order valence-electron chi connectivity index (χ4n) is 2.91. The van der Waals surface area contributed by atoms with Gasteiger partial charge in [0.2, 0.25) is 11.8 Å². The smallest absolute Gasteiger partial charge is 0.257 e. The maximum absolute atomic E-state index is 13.8. The van der Waals surface area contributed by atoms with Gasteiger partial charge in [0, 0.05) is 13.1 Å². The van der Waals surface area contributed by atoms with Gasteiger partial charge in [0.15, 0.2) is 11.6 Å². The van der Waals surface area contributed by atoms with E-state index >= 15 is 0 Å². The van der Waals surface area contributed by atoms with Crippen molar-refractivity contribution in [2.75, 3.05) is 19.6 Å². The van der Waals surface area contributed by atoms with Crippen LogP contribution in [0.4, 0.5) is 8.78 Å². The van der Waals surface area contributed by atoms with E-state index in [1.807, 2.05) is 0 Å². The van der Waals surface area contributed by atoms with Crippen molar-refractivity contribution in [3.05, 3.63) is 35.4 Å². The van der Waals surface area contributed by atoms with E-state index < -0.39 is 29.6 Å². The molecule has 0 unspecified atom stereocenters. The van der Waals surface area contributed by atoms with Gasteiger partial charge in [-0.3, -0.25) is 14.4 Å². The Morgan fingerprint density at radius 3 is 2.74 bits per heavy atom. The highest BCUT2D eigenvalue weighted by Gasteiger charge is 2.43. The van der Waals surface area contributed by atoms with E-state index in [1.54, 1.807) is 6.92 Å². The lowest BCUT2D eigenvalue weighted by Crippen LogP contribution is -2.69. The summed E-state index contributed by atoms with van der Waals surface area (Å²) in [6, 6.07) is 1.98. The fraction of sp³-hybridized carbons (Fsp3) is 0.400. The topological polar surface area (TPSA) is 69.7 Å². The number of piperazine rings is 2. The highest BCUT2D eigenvalue weighted by atomic mass is 19.2. The van der Waals surface area contributed by atoms with Gasteiger partial charge in [-0.05, 0) is 19.1 Å². The first-order chi connectivity index (χ1) is 10.9. The number of carbonyl (C=O) groups excluding carboxylic acids is 3. The molecule has 122 valence electrons. The normalized spacial score (nSPS) is 24.3. The van der Waals surface area contributed by atoms with Gasteiger partial charge in [-0.2, -0.15) is 0 Å². The Hall–Kier alpha value is -2.51. The number of benzene rings is 1. The third-order valence-electron chi connectivity index (χ3n) is 4.16. The van der Waals surface area contributed by atoms with E-state index in [0.717, 1.165) is 6.07 Å². The summed E-state index contributed by atoms with van der Waals surface area (Å²) < 4.78 is 27.0. The molecule has 8 heteroatoms. The average Bonchev–Trinajstić information content (AvgIpc) is 2.54. The molecule has 2 heterocycles. The summed E-state index contributed by atoms with van der Waals surface area (Å²) in [5.74, 6) is -3.57. The quantitative estimate of drug-likeness (QED) is 0.799. The van der Waals surface area contributed by atoms with Gasteiger partial charge >= 0.3 is 0 Å². The number of carbonyl (C=O) groups is 3. The molecule has 1 N–H and O–H groups in total. The Balaban J connectivity index is 1.81. The summed E-state index contributed by atoms with van der Waals surface area (Å²) in [7, 11) is 0. The van der Waals surface area contributed by atoms with Gasteiger partial charge in [0.1, 0.15) is 12.1 Å². The second-order valence-corrected chi connectivity index (χ2v) is 5.63. The number of nitrogens with zero attached hydrogens (tertiary/aromatic N) is 2. The molecular weight excluding hydrogens is 308 g/mol. The van der Waals surface area contributed by atoms with Gasteiger partial charge in [0.25, 0.3) is 5.91 Å². The number of hydrogen-bond acceptors (Lipinski definition) is 3. The van der Waals surface area contributed by atoms with Crippen LogP contribution in [0.15, 0.2) is 18.2 Å². The third kappa shape index (κ3) is 2.54. The molecule has 0 aromatic heterocycles. The summed E-state index contributed by atoms with van der Waals surface area (Å²) in [6.45, 7) is 1.90. The number of fused-ring (bicyclic) bond motifs is 1. The van der Waals surface area contributed by atoms with E-state index in [-0.39, 0.29) is 37.0 Å². The Morgan fingerprint density at radius 2 is 2.00 bits per heavy atom. The molecule has 0 bridgehead atoms. The van der Waals surface area contributed by atoms with E-state index in [2.05, 4.69) is 5.32 Å². The minimum atomic E-state index is -1.21. The lowest BCUT2D eigenvalue weighted by molar-refractivity contribution is -0.151. The van der Waals surface area contributed by atoms with Crippen molar-refractivity contribution in [3.8, 4) is 0 Å². The summed E-state index contributed by atoms with van der Waals surface area (Å²) in [5, 5.41) is 2.55. The second-order valence-electron chi connectivity index (χ2n) is 5.63. The van der Waals surface area contributed by atoms with E-state index in [9.17, 15) is 23.2 Å². The lowest BCUT2D eigenvalue weighted by Gasteiger charge is -2.44. The van der Waals surface area contributed by atoms with Crippen LogP contribution in [0.3, 0.4) is 0 Å². The first-order valence-corrected chi connectivity index (χ1v) is 7.24.